The van der Waals surface area contributed by atoms with Gasteiger partial charge in [0.15, 0.2) is 0 Å². The molecule has 4 rings (SSSR count). The van der Waals surface area contributed by atoms with E-state index >= 15 is 0 Å². The van der Waals surface area contributed by atoms with E-state index in [1.54, 1.807) is 37.3 Å². The number of nitrogens with zero attached hydrogens (tertiary/aromatic N) is 2. The van der Waals surface area contributed by atoms with Gasteiger partial charge in [-0.3, -0.25) is 13.9 Å². The Morgan fingerprint density at radius 1 is 0.952 bits per heavy atom. The van der Waals surface area contributed by atoms with Gasteiger partial charge in [0.1, 0.15) is 18.4 Å². The number of amides is 2. The van der Waals surface area contributed by atoms with Crippen molar-refractivity contribution < 1.29 is 22.4 Å². The van der Waals surface area contributed by atoms with Crippen molar-refractivity contribution in [3.8, 4) is 0 Å². The minimum atomic E-state index is -4.26. The molecule has 0 heterocycles. The molecule has 1 aliphatic rings. The number of halogens is 3. The number of anilines is 1. The van der Waals surface area contributed by atoms with Gasteiger partial charge in [0, 0.05) is 28.2 Å². The molecule has 1 N–H and O–H groups in total. The van der Waals surface area contributed by atoms with Gasteiger partial charge in [0.2, 0.25) is 11.8 Å². The molecule has 1 atom stereocenters. The van der Waals surface area contributed by atoms with Gasteiger partial charge in [-0.25, -0.2) is 12.8 Å². The van der Waals surface area contributed by atoms with Gasteiger partial charge in [-0.05, 0) is 75.2 Å². The number of hydrogen-bond acceptors (Lipinski definition) is 4. The fourth-order valence-electron chi connectivity index (χ4n) is 4.98. The lowest BCUT2D eigenvalue weighted by Gasteiger charge is -2.33. The van der Waals surface area contributed by atoms with Gasteiger partial charge in [-0.1, -0.05) is 66.2 Å². The van der Waals surface area contributed by atoms with Crippen LogP contribution >= 0.6 is 23.2 Å². The predicted molar refractivity (Wildman–Crippen MR) is 164 cm³/mol. The zero-order valence-corrected chi connectivity index (χ0v) is 25.9. The van der Waals surface area contributed by atoms with Crippen molar-refractivity contribution in [3.05, 3.63) is 93.7 Å². The molecule has 11 heteroatoms. The lowest BCUT2D eigenvalue weighted by molar-refractivity contribution is -0.139. The molecular formula is C31H34Cl2FN3O4S. The summed E-state index contributed by atoms with van der Waals surface area (Å²) in [4.78, 5) is 28.7. The van der Waals surface area contributed by atoms with Crippen LogP contribution in [-0.2, 0) is 26.2 Å². The van der Waals surface area contributed by atoms with Crippen molar-refractivity contribution in [2.24, 2.45) is 0 Å². The van der Waals surface area contributed by atoms with Crippen LogP contribution in [0, 0.1) is 12.7 Å². The first-order chi connectivity index (χ1) is 20.0. The number of carbonyl (C=O) groups is 2. The van der Waals surface area contributed by atoms with E-state index in [-0.39, 0.29) is 29.1 Å². The smallest absolute Gasteiger partial charge is 0.264 e. The van der Waals surface area contributed by atoms with Crippen LogP contribution in [-0.4, -0.2) is 43.8 Å². The number of aryl methyl sites for hydroxylation is 1. The third-order valence-corrected chi connectivity index (χ3v) is 10.0. The highest BCUT2D eigenvalue weighted by Crippen LogP contribution is 2.29. The van der Waals surface area contributed by atoms with E-state index in [1.165, 1.54) is 29.2 Å². The van der Waals surface area contributed by atoms with Crippen LogP contribution in [0.1, 0.15) is 50.2 Å². The zero-order chi connectivity index (χ0) is 30.4. The first-order valence-electron chi connectivity index (χ1n) is 13.8. The zero-order valence-electron chi connectivity index (χ0n) is 23.5. The first kappa shape index (κ1) is 31.8. The predicted octanol–water partition coefficient (Wildman–Crippen LogP) is 6.50. The second-order valence-electron chi connectivity index (χ2n) is 10.5. The van der Waals surface area contributed by atoms with Crippen LogP contribution < -0.4 is 9.62 Å². The number of hydrogen-bond donors (Lipinski definition) is 1. The number of sulfonamides is 1. The highest BCUT2D eigenvalue weighted by molar-refractivity contribution is 7.92. The van der Waals surface area contributed by atoms with Crippen molar-refractivity contribution in [1.82, 2.24) is 10.2 Å². The van der Waals surface area contributed by atoms with Crippen LogP contribution in [0.3, 0.4) is 0 Å². The lowest BCUT2D eigenvalue weighted by Crippen LogP contribution is -2.53. The summed E-state index contributed by atoms with van der Waals surface area (Å²) in [6.45, 7) is 2.65. The van der Waals surface area contributed by atoms with Gasteiger partial charge < -0.3 is 10.2 Å². The third kappa shape index (κ3) is 7.62. The maximum atomic E-state index is 14.1. The highest BCUT2D eigenvalue weighted by atomic mass is 35.5. The average molecular weight is 635 g/mol. The Morgan fingerprint density at radius 2 is 1.55 bits per heavy atom. The molecule has 2 amide bonds. The second kappa shape index (κ2) is 13.9. The first-order valence-corrected chi connectivity index (χ1v) is 16.0. The van der Waals surface area contributed by atoms with Gasteiger partial charge in [-0.2, -0.15) is 0 Å². The Hall–Kier alpha value is -3.14. The van der Waals surface area contributed by atoms with Gasteiger partial charge in [0.25, 0.3) is 10.0 Å². The number of carbonyl (C=O) groups excluding carboxylic acids is 2. The molecule has 0 saturated heterocycles. The molecule has 1 fully saturated rings. The van der Waals surface area contributed by atoms with Gasteiger partial charge in [0.05, 0.1) is 10.6 Å². The number of benzene rings is 3. The maximum Gasteiger partial charge on any atom is 0.264 e. The Morgan fingerprint density at radius 3 is 2.14 bits per heavy atom. The molecule has 3 aromatic rings. The average Bonchev–Trinajstić information content (AvgIpc) is 2.96. The van der Waals surface area contributed by atoms with E-state index < -0.39 is 34.3 Å². The quantitative estimate of drug-likeness (QED) is 0.276. The van der Waals surface area contributed by atoms with E-state index in [9.17, 15) is 22.4 Å². The second-order valence-corrected chi connectivity index (χ2v) is 13.2. The molecule has 3 aromatic carbocycles. The number of rotatable bonds is 10. The van der Waals surface area contributed by atoms with E-state index in [0.717, 1.165) is 54.1 Å². The van der Waals surface area contributed by atoms with Crippen LogP contribution in [0.2, 0.25) is 10.0 Å². The molecule has 224 valence electrons. The summed E-state index contributed by atoms with van der Waals surface area (Å²) in [7, 11) is -4.26. The Balaban J connectivity index is 1.70. The standard InChI is InChI=1S/C31H34Cl2FN3O4S/c1-21-11-17-26(18-12-21)42(40,41)37(25-15-13-23(34)14-16-25)20-30(38)36(19-27-28(32)9-6-10-29(27)33)22(2)31(39)35-24-7-4-3-5-8-24/h6,9-18,22,24H,3-5,7-8,19-20H2,1-2H3,(H,35,39)/t22-/m0/s1. The van der Waals surface area contributed by atoms with Crippen LogP contribution in [0.15, 0.2) is 71.6 Å². The summed E-state index contributed by atoms with van der Waals surface area (Å²) in [5.74, 6) is -1.56. The topological polar surface area (TPSA) is 86.8 Å². The Kier molecular flexibility index (Phi) is 10.5. The summed E-state index contributed by atoms with van der Waals surface area (Å²) in [5.41, 5.74) is 1.39. The molecule has 0 bridgehead atoms. The molecule has 42 heavy (non-hydrogen) atoms. The SMILES string of the molecule is Cc1ccc(S(=O)(=O)N(CC(=O)N(Cc2c(Cl)cccc2Cl)[C@@H](C)C(=O)NC2CCCCC2)c2ccc(F)cc2)cc1. The molecule has 0 aliphatic heterocycles. The Labute approximate surface area is 256 Å². The highest BCUT2D eigenvalue weighted by Gasteiger charge is 2.34. The third-order valence-electron chi connectivity index (χ3n) is 7.51. The number of nitrogens with one attached hydrogen (secondary N) is 1. The van der Waals surface area contributed by atoms with Crippen LogP contribution in [0.5, 0.6) is 0 Å². The summed E-state index contributed by atoms with van der Waals surface area (Å²) in [5, 5.41) is 3.67. The monoisotopic (exact) mass is 633 g/mol. The molecule has 1 saturated carbocycles. The van der Waals surface area contributed by atoms with Crippen molar-refractivity contribution >= 4 is 50.7 Å². The Bertz CT molecular complexity index is 1490. The normalized spacial score (nSPS) is 14.7. The summed E-state index contributed by atoms with van der Waals surface area (Å²) in [6.07, 6.45) is 4.86. The van der Waals surface area contributed by atoms with E-state index in [4.69, 9.17) is 23.2 Å². The largest absolute Gasteiger partial charge is 0.352 e. The fraction of sp³-hybridized carbons (Fsp3) is 0.355. The molecule has 0 aromatic heterocycles. The summed E-state index contributed by atoms with van der Waals surface area (Å²) >= 11 is 12.9. The van der Waals surface area contributed by atoms with E-state index in [2.05, 4.69) is 5.32 Å². The molecule has 7 nitrogen and oxygen atoms in total. The summed E-state index contributed by atoms with van der Waals surface area (Å²) < 4.78 is 42.4. The van der Waals surface area contributed by atoms with E-state index in [1.807, 2.05) is 6.92 Å². The van der Waals surface area contributed by atoms with Crippen molar-refractivity contribution in [2.45, 2.75) is 69.5 Å². The molecule has 0 spiro atoms. The lowest BCUT2D eigenvalue weighted by atomic mass is 9.95. The fourth-order valence-corrected chi connectivity index (χ4v) is 6.91. The maximum absolute atomic E-state index is 14.1. The molecule has 1 aliphatic carbocycles. The van der Waals surface area contributed by atoms with Crippen molar-refractivity contribution in [1.29, 1.82) is 0 Å². The van der Waals surface area contributed by atoms with Crippen LogP contribution in [0.25, 0.3) is 0 Å². The molecule has 0 unspecified atom stereocenters. The van der Waals surface area contributed by atoms with E-state index in [0.29, 0.717) is 15.6 Å². The molecular weight excluding hydrogens is 600 g/mol. The minimum Gasteiger partial charge on any atom is -0.352 e. The van der Waals surface area contributed by atoms with Gasteiger partial charge >= 0.3 is 0 Å². The molecule has 0 radical (unpaired) electrons. The summed E-state index contributed by atoms with van der Waals surface area (Å²) in [6, 6.07) is 15.0. The minimum absolute atomic E-state index is 0.00665. The van der Waals surface area contributed by atoms with Crippen LogP contribution in [0.4, 0.5) is 10.1 Å². The van der Waals surface area contributed by atoms with Crippen molar-refractivity contribution in [2.75, 3.05) is 10.8 Å². The van der Waals surface area contributed by atoms with Crippen molar-refractivity contribution in [3.63, 3.8) is 0 Å². The van der Waals surface area contributed by atoms with Gasteiger partial charge in [-0.15, -0.1) is 0 Å².